The predicted octanol–water partition coefficient (Wildman–Crippen LogP) is 4.74. The lowest BCUT2D eigenvalue weighted by molar-refractivity contribution is 0.318. The van der Waals surface area contributed by atoms with Crippen LogP contribution in [0.25, 0.3) is 10.9 Å². The standard InChI is InChI=1S/C22H31N3/c1-2-13-23-15-16-11-12-20-19(14-16)18-9-6-10-21(22(18)25-20)24-17-7-4-3-5-8-17/h2,11-12,14,17,21,23-25H,1,3-10,13,15H2. The second-order valence-electron chi connectivity index (χ2n) is 7.76. The van der Waals surface area contributed by atoms with E-state index in [1.54, 1.807) is 5.56 Å². The van der Waals surface area contributed by atoms with Gasteiger partial charge < -0.3 is 15.6 Å². The first kappa shape index (κ1) is 16.9. The van der Waals surface area contributed by atoms with Gasteiger partial charge in [-0.1, -0.05) is 31.4 Å². The van der Waals surface area contributed by atoms with Crippen LogP contribution in [0.4, 0.5) is 0 Å². The highest BCUT2D eigenvalue weighted by molar-refractivity contribution is 5.85. The molecule has 1 aromatic carbocycles. The Hall–Kier alpha value is -1.58. The van der Waals surface area contributed by atoms with E-state index < -0.39 is 0 Å². The van der Waals surface area contributed by atoms with Gasteiger partial charge in [-0.3, -0.25) is 0 Å². The fourth-order valence-corrected chi connectivity index (χ4v) is 4.66. The van der Waals surface area contributed by atoms with Crippen molar-refractivity contribution in [2.45, 2.75) is 70.0 Å². The largest absolute Gasteiger partial charge is 0.357 e. The third kappa shape index (κ3) is 3.68. The smallest absolute Gasteiger partial charge is 0.0478 e. The van der Waals surface area contributed by atoms with E-state index >= 15 is 0 Å². The van der Waals surface area contributed by atoms with Crippen molar-refractivity contribution in [1.82, 2.24) is 15.6 Å². The van der Waals surface area contributed by atoms with Crippen LogP contribution in [-0.2, 0) is 13.0 Å². The second-order valence-corrected chi connectivity index (χ2v) is 7.76. The van der Waals surface area contributed by atoms with Crippen LogP contribution in [-0.4, -0.2) is 17.6 Å². The van der Waals surface area contributed by atoms with Crippen molar-refractivity contribution in [2.24, 2.45) is 0 Å². The molecule has 0 saturated heterocycles. The van der Waals surface area contributed by atoms with Gasteiger partial charge in [-0.2, -0.15) is 0 Å². The third-order valence-corrected chi connectivity index (χ3v) is 5.93. The zero-order valence-electron chi connectivity index (χ0n) is 15.2. The van der Waals surface area contributed by atoms with E-state index in [1.165, 1.54) is 73.5 Å². The van der Waals surface area contributed by atoms with Gasteiger partial charge in [0.05, 0.1) is 0 Å². The number of aromatic nitrogens is 1. The summed E-state index contributed by atoms with van der Waals surface area (Å²) in [5, 5.41) is 8.82. The fourth-order valence-electron chi connectivity index (χ4n) is 4.66. The first-order valence-electron chi connectivity index (χ1n) is 10.1. The Morgan fingerprint density at radius 3 is 2.84 bits per heavy atom. The molecule has 1 aromatic heterocycles. The highest BCUT2D eigenvalue weighted by Crippen LogP contribution is 2.36. The number of hydrogen-bond acceptors (Lipinski definition) is 2. The van der Waals surface area contributed by atoms with E-state index in [0.717, 1.165) is 19.1 Å². The van der Waals surface area contributed by atoms with Crippen LogP contribution < -0.4 is 10.6 Å². The van der Waals surface area contributed by atoms with Crippen LogP contribution in [0.1, 0.15) is 67.8 Å². The third-order valence-electron chi connectivity index (χ3n) is 5.93. The number of aryl methyl sites for hydroxylation is 1. The van der Waals surface area contributed by atoms with Crippen LogP contribution in [0, 0.1) is 0 Å². The lowest BCUT2D eigenvalue weighted by atomic mass is 9.89. The highest BCUT2D eigenvalue weighted by Gasteiger charge is 2.26. The molecule has 0 spiro atoms. The normalized spacial score (nSPS) is 21.4. The molecule has 25 heavy (non-hydrogen) atoms. The van der Waals surface area contributed by atoms with Gasteiger partial charge in [-0.05, 0) is 55.4 Å². The van der Waals surface area contributed by atoms with E-state index in [4.69, 9.17) is 0 Å². The molecule has 1 atom stereocenters. The SMILES string of the molecule is C=CCNCc1ccc2[nH]c3c(c2c1)CCCC3NC1CCCCC1. The van der Waals surface area contributed by atoms with Crippen LogP contribution in [0.3, 0.4) is 0 Å². The fraction of sp³-hybridized carbons (Fsp3) is 0.545. The van der Waals surface area contributed by atoms with Crippen molar-refractivity contribution < 1.29 is 0 Å². The summed E-state index contributed by atoms with van der Waals surface area (Å²) in [7, 11) is 0. The summed E-state index contributed by atoms with van der Waals surface area (Å²) < 4.78 is 0. The molecule has 0 radical (unpaired) electrons. The van der Waals surface area contributed by atoms with E-state index in [1.807, 2.05) is 6.08 Å². The number of rotatable bonds is 6. The number of aromatic amines is 1. The van der Waals surface area contributed by atoms with Gasteiger partial charge in [0.2, 0.25) is 0 Å². The van der Waals surface area contributed by atoms with Crippen molar-refractivity contribution in [1.29, 1.82) is 0 Å². The Bertz CT molecular complexity index is 724. The number of benzene rings is 1. The molecule has 134 valence electrons. The molecule has 2 aromatic rings. The summed E-state index contributed by atoms with van der Waals surface area (Å²) in [6.07, 6.45) is 12.6. The maximum absolute atomic E-state index is 3.98. The second kappa shape index (κ2) is 7.76. The molecule has 3 N–H and O–H groups in total. The molecule has 1 unspecified atom stereocenters. The summed E-state index contributed by atoms with van der Waals surface area (Å²) >= 11 is 0. The minimum Gasteiger partial charge on any atom is -0.357 e. The molecular weight excluding hydrogens is 306 g/mol. The monoisotopic (exact) mass is 337 g/mol. The summed E-state index contributed by atoms with van der Waals surface area (Å²) in [6, 6.07) is 8.11. The summed E-state index contributed by atoms with van der Waals surface area (Å²) in [6.45, 7) is 5.54. The lowest BCUT2D eigenvalue weighted by Gasteiger charge is -2.31. The molecule has 1 heterocycles. The van der Waals surface area contributed by atoms with Gasteiger partial charge in [0.1, 0.15) is 0 Å². The quantitative estimate of drug-likeness (QED) is 0.526. The summed E-state index contributed by atoms with van der Waals surface area (Å²) in [5.74, 6) is 0. The molecular formula is C22H31N3. The average molecular weight is 338 g/mol. The highest BCUT2D eigenvalue weighted by atomic mass is 15.0. The summed E-state index contributed by atoms with van der Waals surface area (Å²) in [4.78, 5) is 3.75. The first-order chi connectivity index (χ1) is 12.3. The Kier molecular flexibility index (Phi) is 5.23. The van der Waals surface area contributed by atoms with Crippen LogP contribution in [0.15, 0.2) is 30.9 Å². The molecule has 1 fully saturated rings. The van der Waals surface area contributed by atoms with Gasteiger partial charge >= 0.3 is 0 Å². The first-order valence-corrected chi connectivity index (χ1v) is 10.1. The van der Waals surface area contributed by atoms with Crippen molar-refractivity contribution in [3.05, 3.63) is 47.7 Å². The zero-order valence-corrected chi connectivity index (χ0v) is 15.2. The van der Waals surface area contributed by atoms with Crippen molar-refractivity contribution in [3.8, 4) is 0 Å². The van der Waals surface area contributed by atoms with E-state index in [2.05, 4.69) is 40.4 Å². The number of fused-ring (bicyclic) bond motifs is 3. The number of hydrogen-bond donors (Lipinski definition) is 3. The Labute approximate surface area is 151 Å². The van der Waals surface area contributed by atoms with Gasteiger partial charge in [0, 0.05) is 41.8 Å². The number of nitrogens with one attached hydrogen (secondary N) is 3. The van der Waals surface area contributed by atoms with Gasteiger partial charge in [0.25, 0.3) is 0 Å². The van der Waals surface area contributed by atoms with Crippen molar-refractivity contribution in [3.63, 3.8) is 0 Å². The molecule has 4 rings (SSSR count). The van der Waals surface area contributed by atoms with E-state index in [-0.39, 0.29) is 0 Å². The van der Waals surface area contributed by atoms with Crippen molar-refractivity contribution >= 4 is 10.9 Å². The van der Waals surface area contributed by atoms with Crippen LogP contribution in [0.2, 0.25) is 0 Å². The Morgan fingerprint density at radius 1 is 1.12 bits per heavy atom. The molecule has 0 bridgehead atoms. The number of H-pyrrole nitrogens is 1. The lowest BCUT2D eigenvalue weighted by Crippen LogP contribution is -2.36. The van der Waals surface area contributed by atoms with Gasteiger partial charge in [-0.25, -0.2) is 0 Å². The molecule has 2 aliphatic carbocycles. The van der Waals surface area contributed by atoms with Gasteiger partial charge in [-0.15, -0.1) is 6.58 Å². The molecule has 0 amide bonds. The average Bonchev–Trinajstić information content (AvgIpc) is 3.02. The molecule has 2 aliphatic rings. The maximum atomic E-state index is 3.98. The van der Waals surface area contributed by atoms with E-state index in [9.17, 15) is 0 Å². The van der Waals surface area contributed by atoms with Crippen LogP contribution in [0.5, 0.6) is 0 Å². The van der Waals surface area contributed by atoms with Crippen LogP contribution >= 0.6 is 0 Å². The summed E-state index contributed by atoms with van der Waals surface area (Å²) in [5.41, 5.74) is 5.68. The minimum atomic E-state index is 0.515. The van der Waals surface area contributed by atoms with Crippen molar-refractivity contribution in [2.75, 3.05) is 6.54 Å². The Morgan fingerprint density at radius 2 is 2.00 bits per heavy atom. The molecule has 3 nitrogen and oxygen atoms in total. The molecule has 1 saturated carbocycles. The zero-order chi connectivity index (χ0) is 17.1. The Balaban J connectivity index is 1.56. The van der Waals surface area contributed by atoms with Gasteiger partial charge in [0.15, 0.2) is 0 Å². The maximum Gasteiger partial charge on any atom is 0.0478 e. The van der Waals surface area contributed by atoms with E-state index in [0.29, 0.717) is 6.04 Å². The minimum absolute atomic E-state index is 0.515. The topological polar surface area (TPSA) is 39.9 Å². The predicted molar refractivity (Wildman–Crippen MR) is 106 cm³/mol. The molecule has 0 aliphatic heterocycles. The molecule has 3 heteroatoms.